The molecule has 4 fully saturated rings. The first-order valence-corrected chi connectivity index (χ1v) is 42.7. The van der Waals surface area contributed by atoms with Crippen LogP contribution in [0, 0.1) is 0 Å². The molecule has 1 aromatic rings. The van der Waals surface area contributed by atoms with Crippen molar-refractivity contribution in [2.75, 3.05) is 112 Å². The van der Waals surface area contributed by atoms with E-state index in [-0.39, 0.29) is 172 Å². The van der Waals surface area contributed by atoms with Crippen molar-refractivity contribution in [1.29, 1.82) is 0 Å². The lowest BCUT2D eigenvalue weighted by Gasteiger charge is -2.39. The largest absolute Gasteiger partial charge is 0.461 e. The minimum absolute atomic E-state index is 0.00153. The molecule has 0 aromatic heterocycles. The van der Waals surface area contributed by atoms with E-state index in [2.05, 4.69) is 21.3 Å². The fourth-order valence-corrected chi connectivity index (χ4v) is 13.4. The number of rotatable bonds is 62. The Kier molecular flexibility index (Phi) is 55.1. The molecule has 0 spiro atoms. The van der Waals surface area contributed by atoms with Gasteiger partial charge in [-0.25, -0.2) is 0 Å². The van der Waals surface area contributed by atoms with Crippen molar-refractivity contribution < 1.29 is 177 Å². The van der Waals surface area contributed by atoms with Gasteiger partial charge in [-0.3, -0.25) is 52.7 Å². The summed E-state index contributed by atoms with van der Waals surface area (Å²) < 4.78 is 47.8. The number of ketones is 4. The summed E-state index contributed by atoms with van der Waals surface area (Å²) in [6, 6.07) is 9.01. The van der Waals surface area contributed by atoms with Crippen LogP contribution in [-0.2, 0) is 102 Å². The number of benzene rings is 1. The predicted molar refractivity (Wildman–Crippen MR) is 429 cm³/mol. The molecule has 0 radical (unpaired) electrons. The Morgan fingerprint density at radius 1 is 0.315 bits per heavy atom. The third-order valence-electron chi connectivity index (χ3n) is 20.8. The minimum Gasteiger partial charge on any atom is -0.461 e. The number of nitrogens with one attached hydrogen (secondary N) is 4. The number of nitrogens with two attached hydrogens (primary N) is 1. The van der Waals surface area contributed by atoms with Crippen LogP contribution >= 0.6 is 0 Å². The van der Waals surface area contributed by atoms with Crippen molar-refractivity contribution in [3.05, 3.63) is 35.9 Å². The van der Waals surface area contributed by atoms with Crippen LogP contribution in [0.25, 0.3) is 0 Å². The Hall–Kier alpha value is -6.81. The first-order valence-electron chi connectivity index (χ1n) is 42.7. The maximum Gasteiger partial charge on any atom is 0.306 e. The lowest BCUT2D eigenvalue weighted by atomic mass is 9.99. The number of Topliss-reactive ketones (excluding diaryl/α,β-unsaturated/α-hetero) is 4. The highest BCUT2D eigenvalue weighted by Crippen LogP contribution is 2.27. The number of carbonyl (C=O) groups excluding carboxylic acids is 11. The van der Waals surface area contributed by atoms with Gasteiger partial charge in [-0.05, 0) is 69.8 Å². The van der Waals surface area contributed by atoms with Gasteiger partial charge in [0.25, 0.3) is 0 Å². The zero-order valence-corrected chi connectivity index (χ0v) is 70.3. The number of ether oxygens (including phenoxy) is 9. The minimum atomic E-state index is -1.57. The first kappa shape index (κ1) is 110. The molecule has 22 N–H and O–H groups in total. The monoisotopic (exact) mass is 1780 g/mol. The van der Waals surface area contributed by atoms with Crippen LogP contribution in [-0.4, -0.2) is 391 Å². The number of aliphatic hydroxyl groups excluding tert-OH is 16. The highest BCUT2D eigenvalue weighted by Gasteiger charge is 2.48. The van der Waals surface area contributed by atoms with E-state index in [0.29, 0.717) is 116 Å². The Morgan fingerprint density at radius 2 is 0.621 bits per heavy atom. The van der Waals surface area contributed by atoms with Crippen LogP contribution < -0.4 is 27.0 Å². The second-order valence-corrected chi connectivity index (χ2v) is 30.8. The lowest BCUT2D eigenvalue weighted by Crippen LogP contribution is -2.59. The van der Waals surface area contributed by atoms with E-state index in [4.69, 9.17) is 48.4 Å². The van der Waals surface area contributed by atoms with Crippen LogP contribution in [0.2, 0.25) is 0 Å². The topological polar surface area (TPSA) is 675 Å². The van der Waals surface area contributed by atoms with Gasteiger partial charge in [0.1, 0.15) is 122 Å². The molecular weight excluding hydrogens is 1650 g/mol. The van der Waals surface area contributed by atoms with E-state index in [1.165, 1.54) is 0 Å². The number of aliphatic hydroxyl groups is 16. The van der Waals surface area contributed by atoms with Gasteiger partial charge in [0, 0.05) is 84.0 Å². The highest BCUT2D eigenvalue weighted by atomic mass is 16.7. The normalized spacial score (nSPS) is 26.1. The molecule has 0 saturated carbocycles. The lowest BCUT2D eigenvalue weighted by molar-refractivity contribution is -0.301. The summed E-state index contributed by atoms with van der Waals surface area (Å²) in [5, 5.41) is 167. The van der Waals surface area contributed by atoms with Crippen molar-refractivity contribution in [2.24, 2.45) is 5.73 Å². The predicted octanol–water partition coefficient (Wildman–Crippen LogP) is -6.52. The SMILES string of the molecule is NCC(=O)N(CC(=O)CCCCCCC(=O)NCCO[C@H]1O[C@H](CO)[C@@H](O)[C@H](O)[C@@H]1O)CC(=O)NCCCCCC(=O)CCCO[C@H]1O[C@H](CO)[C@@H](O)[C@H](O)[C@@H]1O.O=C(CCCCCNC(=O)CN(CC(=O)CCCCCCC(=O)NCCO[C@H]1O[C@H](CO)[C@@H](O)[C@H](O)[C@@H]1O)C(=O)CCC(=O)OCc1ccccc1)CCCO[C@H]1O[C@H](CO)[C@@H](O)[C@H](O)[C@@H]1O. The molecule has 124 heavy (non-hydrogen) atoms. The van der Waals surface area contributed by atoms with E-state index in [0.717, 1.165) is 15.4 Å². The second-order valence-electron chi connectivity index (χ2n) is 30.8. The zero-order valence-electron chi connectivity index (χ0n) is 70.3. The molecule has 5 rings (SSSR count). The van der Waals surface area contributed by atoms with E-state index < -0.39 is 185 Å². The van der Waals surface area contributed by atoms with Crippen molar-refractivity contribution >= 4 is 64.5 Å². The Bertz CT molecular complexity index is 3100. The van der Waals surface area contributed by atoms with Crippen molar-refractivity contribution in [2.45, 2.75) is 296 Å². The van der Waals surface area contributed by atoms with Crippen LogP contribution in [0.4, 0.5) is 0 Å². The van der Waals surface area contributed by atoms with Gasteiger partial charge in [-0.2, -0.15) is 0 Å². The summed E-state index contributed by atoms with van der Waals surface area (Å²) in [5.74, 6) is -3.69. The molecule has 6 amide bonds. The molecule has 0 bridgehead atoms. The number of amides is 6. The fraction of sp³-hybridized carbons (Fsp3) is 0.790. The molecule has 710 valence electrons. The summed E-state index contributed by atoms with van der Waals surface area (Å²) >= 11 is 0. The number of carbonyl (C=O) groups is 11. The third-order valence-corrected chi connectivity index (χ3v) is 20.8. The molecule has 4 aliphatic heterocycles. The van der Waals surface area contributed by atoms with Crippen molar-refractivity contribution in [3.63, 3.8) is 0 Å². The van der Waals surface area contributed by atoms with Crippen LogP contribution in [0.15, 0.2) is 30.3 Å². The van der Waals surface area contributed by atoms with Gasteiger partial charge in [-0.15, -0.1) is 0 Å². The maximum absolute atomic E-state index is 13.2. The maximum atomic E-state index is 13.2. The molecule has 20 atom stereocenters. The molecule has 0 aliphatic carbocycles. The molecule has 4 aliphatic rings. The van der Waals surface area contributed by atoms with Crippen molar-refractivity contribution in [3.8, 4) is 0 Å². The van der Waals surface area contributed by atoms with Gasteiger partial charge in [0.05, 0.1) is 85.5 Å². The number of hydrogen-bond acceptors (Lipinski definition) is 37. The van der Waals surface area contributed by atoms with Gasteiger partial charge in [-0.1, -0.05) is 68.9 Å². The smallest absolute Gasteiger partial charge is 0.306 e. The van der Waals surface area contributed by atoms with Crippen LogP contribution in [0.5, 0.6) is 0 Å². The molecule has 4 saturated heterocycles. The number of nitrogens with zero attached hydrogens (tertiary/aromatic N) is 2. The van der Waals surface area contributed by atoms with Gasteiger partial charge < -0.3 is 161 Å². The van der Waals surface area contributed by atoms with Gasteiger partial charge in [0.2, 0.25) is 35.4 Å². The standard InChI is InChI=1S/C45H71N3O19.C36H64N4O17/c49-26-32-38(57)40(59)42(61)44(66-32)63-22-11-16-30(51)14-8-4-10-20-46-35(54)25-48(36(55)18-19-37(56)65-28-29-12-5-3-6-13-29)24-31(52)15-7-1-2-9-17-34(53)47-21-23-64-45-43(62)41(60)39(58)33(27-50)67-45;37-17-28(47)40(18-23(44)10-4-1-2-6-12-26(45)39-14-16-55-36-34(53)32(51)30(49)25(21-42)57-36)19-27(46)38-13-7-3-5-9-22(43)11-8-15-54-35-33(52)31(50)29(48)24(20-41)56-35/h3,5-6,12-13,32-33,38-45,49-50,57-62H,1-2,4,7-11,14-28H2,(H,46,54)(H,47,53);24-25,29-36,41-42,48-53H,1-21,37H2,(H,38,46)(H,39,45)/t32-,33-,38-,39-,40+,41+,42+,43+,44+,45+;24-,25-,29-,30-,31+,32+,33+,34+,35+,36+/m11/s1. The van der Waals surface area contributed by atoms with Crippen molar-refractivity contribution in [1.82, 2.24) is 31.1 Å². The van der Waals surface area contributed by atoms with Gasteiger partial charge in [0.15, 0.2) is 36.7 Å². The average Bonchev–Trinajstić information content (AvgIpc) is 0.829. The summed E-state index contributed by atoms with van der Waals surface area (Å²) in [6.07, 6.45) is -17.6. The van der Waals surface area contributed by atoms with Crippen LogP contribution in [0.3, 0.4) is 0 Å². The van der Waals surface area contributed by atoms with E-state index >= 15 is 0 Å². The van der Waals surface area contributed by atoms with E-state index in [1.807, 2.05) is 6.07 Å². The Morgan fingerprint density at radius 3 is 0.968 bits per heavy atom. The molecule has 1 aromatic carbocycles. The number of unbranched alkanes of at least 4 members (excludes halogenated alkanes) is 10. The molecule has 4 heterocycles. The first-order chi connectivity index (χ1) is 59.4. The Labute approximate surface area is 719 Å². The van der Waals surface area contributed by atoms with E-state index in [1.54, 1.807) is 24.3 Å². The molecular formula is C81H135N7O36. The number of esters is 1. The summed E-state index contributed by atoms with van der Waals surface area (Å²) in [6.45, 7) is -3.25. The molecule has 43 nitrogen and oxygen atoms in total. The third kappa shape index (κ3) is 42.0. The van der Waals surface area contributed by atoms with E-state index in [9.17, 15) is 134 Å². The quantitative estimate of drug-likeness (QED) is 0.0213. The molecule has 43 heteroatoms. The second kappa shape index (κ2) is 62.4. The van der Waals surface area contributed by atoms with Gasteiger partial charge >= 0.3 is 5.97 Å². The summed E-state index contributed by atoms with van der Waals surface area (Å²) in [4.78, 5) is 140. The average molecular weight is 1780 g/mol. The fourth-order valence-electron chi connectivity index (χ4n) is 13.4. The zero-order chi connectivity index (χ0) is 91.5. The summed E-state index contributed by atoms with van der Waals surface area (Å²) in [5.41, 5.74) is 6.26. The summed E-state index contributed by atoms with van der Waals surface area (Å²) in [7, 11) is 0. The Balaban J connectivity index is 0.000000527. The highest BCUT2D eigenvalue weighted by molar-refractivity contribution is 5.92. The molecule has 0 unspecified atom stereocenters. The number of hydrogen-bond donors (Lipinski definition) is 21. The van der Waals surface area contributed by atoms with Crippen LogP contribution in [0.1, 0.15) is 173 Å².